The van der Waals surface area contributed by atoms with Gasteiger partial charge in [-0.2, -0.15) is 0 Å². The molecular weight excluding hydrogens is 580 g/mol. The van der Waals surface area contributed by atoms with Gasteiger partial charge < -0.3 is 19.5 Å². The maximum Gasteiger partial charge on any atom is 0.263 e. The predicted molar refractivity (Wildman–Crippen MR) is 169 cm³/mol. The number of nitrogens with zero attached hydrogens (tertiary/aromatic N) is 2. The van der Waals surface area contributed by atoms with Gasteiger partial charge in [0.15, 0.2) is 5.82 Å². The van der Waals surface area contributed by atoms with E-state index in [-0.39, 0.29) is 41.1 Å². The van der Waals surface area contributed by atoms with E-state index in [1.54, 1.807) is 43.0 Å². The number of aromatic nitrogens is 1. The zero-order valence-corrected chi connectivity index (χ0v) is 27.1. The summed E-state index contributed by atoms with van der Waals surface area (Å²) in [6, 6.07) is 13.5. The monoisotopic (exact) mass is 624 g/mol. The number of aryl methyl sites for hydroxylation is 1. The number of amides is 2. The van der Waals surface area contributed by atoms with Crippen LogP contribution in [-0.4, -0.2) is 55.6 Å². The Kier molecular flexibility index (Phi) is 11.2. The number of hydrogen-bond donors (Lipinski definition) is 2. The van der Waals surface area contributed by atoms with Crippen molar-refractivity contribution >= 4 is 27.7 Å². The van der Waals surface area contributed by atoms with Crippen LogP contribution in [0, 0.1) is 19.8 Å². The van der Waals surface area contributed by atoms with Crippen LogP contribution in [0.3, 0.4) is 0 Å². The summed E-state index contributed by atoms with van der Waals surface area (Å²) >= 11 is 0. The SMILES string of the molecule is CCCCC(=O)N(Cc1ccc(-c2ccccc2S(=O)(=O)Nc2noc(C)c2C)cc1)[C@H](C(=O)NCC1CCCO1)C(C)C. The highest BCUT2D eigenvalue weighted by molar-refractivity contribution is 7.92. The number of unbranched alkanes of at least 4 members (excludes halogenated alkanes) is 1. The largest absolute Gasteiger partial charge is 0.376 e. The Hall–Kier alpha value is -3.70. The van der Waals surface area contributed by atoms with Crippen LogP contribution < -0.4 is 10.0 Å². The summed E-state index contributed by atoms with van der Waals surface area (Å²) in [5.74, 6) is 0.337. The molecule has 1 fully saturated rings. The summed E-state index contributed by atoms with van der Waals surface area (Å²) in [4.78, 5) is 28.7. The lowest BCUT2D eigenvalue weighted by Gasteiger charge is -2.34. The summed E-state index contributed by atoms with van der Waals surface area (Å²) in [6.45, 7) is 10.8. The first kappa shape index (κ1) is 33.2. The van der Waals surface area contributed by atoms with E-state index in [0.717, 1.165) is 31.2 Å². The molecule has 0 bridgehead atoms. The second-order valence-electron chi connectivity index (χ2n) is 11.7. The molecule has 10 nitrogen and oxygen atoms in total. The van der Waals surface area contributed by atoms with Gasteiger partial charge in [-0.25, -0.2) is 8.42 Å². The third-order valence-electron chi connectivity index (χ3n) is 8.01. The molecule has 0 saturated carbocycles. The van der Waals surface area contributed by atoms with Gasteiger partial charge in [0.05, 0.1) is 11.0 Å². The van der Waals surface area contributed by atoms with E-state index in [2.05, 4.69) is 15.2 Å². The van der Waals surface area contributed by atoms with Gasteiger partial charge in [0, 0.05) is 37.2 Å². The maximum atomic E-state index is 13.5. The molecule has 4 rings (SSSR count). The topological polar surface area (TPSA) is 131 Å². The molecule has 3 aromatic rings. The number of hydrogen-bond acceptors (Lipinski definition) is 7. The Morgan fingerprint density at radius 3 is 2.43 bits per heavy atom. The number of nitrogens with one attached hydrogen (secondary N) is 2. The second-order valence-corrected chi connectivity index (χ2v) is 13.4. The van der Waals surface area contributed by atoms with Crippen LogP contribution in [0.2, 0.25) is 0 Å². The summed E-state index contributed by atoms with van der Waals surface area (Å²) in [5.41, 5.74) is 2.67. The first-order valence-electron chi connectivity index (χ1n) is 15.3. The summed E-state index contributed by atoms with van der Waals surface area (Å²) in [7, 11) is -3.97. The number of rotatable bonds is 14. The number of sulfonamides is 1. The van der Waals surface area contributed by atoms with Gasteiger partial charge in [-0.15, -0.1) is 0 Å². The van der Waals surface area contributed by atoms with Gasteiger partial charge in [-0.1, -0.05) is 74.8 Å². The molecule has 2 N–H and O–H groups in total. The molecule has 1 aromatic heterocycles. The molecule has 0 aliphatic carbocycles. The Balaban J connectivity index is 1.57. The van der Waals surface area contributed by atoms with E-state index in [1.165, 1.54) is 0 Å². The summed E-state index contributed by atoms with van der Waals surface area (Å²) in [6.07, 6.45) is 3.88. The van der Waals surface area contributed by atoms with E-state index in [0.29, 0.717) is 42.0 Å². The highest BCUT2D eigenvalue weighted by atomic mass is 32.2. The van der Waals surface area contributed by atoms with Crippen molar-refractivity contribution in [2.24, 2.45) is 5.92 Å². The van der Waals surface area contributed by atoms with Crippen LogP contribution in [0.5, 0.6) is 0 Å². The molecule has 11 heteroatoms. The lowest BCUT2D eigenvalue weighted by Crippen LogP contribution is -2.52. The Morgan fingerprint density at radius 1 is 1.09 bits per heavy atom. The maximum absolute atomic E-state index is 13.5. The van der Waals surface area contributed by atoms with Crippen LogP contribution in [-0.2, 0) is 30.9 Å². The van der Waals surface area contributed by atoms with Crippen LogP contribution in [0.25, 0.3) is 11.1 Å². The van der Waals surface area contributed by atoms with Gasteiger partial charge in [0.25, 0.3) is 10.0 Å². The quantitative estimate of drug-likeness (QED) is 0.239. The van der Waals surface area contributed by atoms with Crippen molar-refractivity contribution in [3.63, 3.8) is 0 Å². The molecule has 2 heterocycles. The van der Waals surface area contributed by atoms with Crippen LogP contribution in [0.15, 0.2) is 57.9 Å². The highest BCUT2D eigenvalue weighted by Gasteiger charge is 2.33. The van der Waals surface area contributed by atoms with E-state index < -0.39 is 16.1 Å². The van der Waals surface area contributed by atoms with Gasteiger partial charge in [-0.3, -0.25) is 14.3 Å². The van der Waals surface area contributed by atoms with Crippen molar-refractivity contribution in [1.29, 1.82) is 0 Å². The Morgan fingerprint density at radius 2 is 1.82 bits per heavy atom. The van der Waals surface area contributed by atoms with Crippen LogP contribution in [0.4, 0.5) is 5.82 Å². The molecule has 44 heavy (non-hydrogen) atoms. The lowest BCUT2D eigenvalue weighted by molar-refractivity contribution is -0.143. The first-order valence-corrected chi connectivity index (χ1v) is 16.8. The molecule has 2 aromatic carbocycles. The van der Waals surface area contributed by atoms with E-state index in [9.17, 15) is 18.0 Å². The van der Waals surface area contributed by atoms with Crippen molar-refractivity contribution in [2.75, 3.05) is 17.9 Å². The van der Waals surface area contributed by atoms with Gasteiger partial charge >= 0.3 is 0 Å². The molecule has 0 radical (unpaired) electrons. The minimum Gasteiger partial charge on any atom is -0.376 e. The number of anilines is 1. The third kappa shape index (κ3) is 8.06. The molecule has 0 spiro atoms. The van der Waals surface area contributed by atoms with Crippen molar-refractivity contribution in [3.05, 3.63) is 65.4 Å². The molecule has 1 unspecified atom stereocenters. The van der Waals surface area contributed by atoms with Crippen molar-refractivity contribution in [1.82, 2.24) is 15.4 Å². The minimum absolute atomic E-state index is 0.00883. The van der Waals surface area contributed by atoms with Crippen molar-refractivity contribution < 1.29 is 27.3 Å². The highest BCUT2D eigenvalue weighted by Crippen LogP contribution is 2.30. The standard InChI is InChI=1S/C33H44N4O6S/c1-6-7-14-30(38)37(31(22(2)3)33(39)34-20-27-11-10-19-42-27)21-25-15-17-26(18-16-25)28-12-8-9-13-29(28)44(40,41)36-32-23(4)24(5)43-35-32/h8-9,12-13,15-18,22,27,31H,6-7,10-11,14,19-21H2,1-5H3,(H,34,39)(H,35,36)/t27?,31-/m0/s1. The molecular formula is C33H44N4O6S. The van der Waals surface area contributed by atoms with E-state index in [4.69, 9.17) is 9.26 Å². The van der Waals surface area contributed by atoms with Gasteiger partial charge in [-0.05, 0) is 56.2 Å². The fourth-order valence-corrected chi connectivity index (χ4v) is 6.65. The summed E-state index contributed by atoms with van der Waals surface area (Å²) < 4.78 is 40.1. The third-order valence-corrected chi connectivity index (χ3v) is 9.41. The van der Waals surface area contributed by atoms with Crippen LogP contribution >= 0.6 is 0 Å². The Labute approximate surface area is 260 Å². The summed E-state index contributed by atoms with van der Waals surface area (Å²) in [5, 5.41) is 6.86. The van der Waals surface area contributed by atoms with Crippen molar-refractivity contribution in [2.45, 2.75) is 90.3 Å². The zero-order chi connectivity index (χ0) is 31.9. The fraction of sp³-hybridized carbons (Fsp3) is 0.485. The zero-order valence-electron chi connectivity index (χ0n) is 26.3. The lowest BCUT2D eigenvalue weighted by atomic mass is 9.98. The van der Waals surface area contributed by atoms with Crippen LogP contribution in [0.1, 0.15) is 69.8 Å². The van der Waals surface area contributed by atoms with Gasteiger partial charge in [0.2, 0.25) is 11.8 Å². The van der Waals surface area contributed by atoms with Gasteiger partial charge in [0.1, 0.15) is 11.8 Å². The number of carbonyl (C=O) groups is 2. The van der Waals surface area contributed by atoms with Crippen molar-refractivity contribution in [3.8, 4) is 11.1 Å². The Bertz CT molecular complexity index is 1530. The number of benzene rings is 2. The van der Waals surface area contributed by atoms with E-state index >= 15 is 0 Å². The second kappa shape index (κ2) is 14.9. The molecule has 2 atom stereocenters. The molecule has 238 valence electrons. The molecule has 1 aliphatic rings. The first-order chi connectivity index (χ1) is 21.0. The predicted octanol–water partition coefficient (Wildman–Crippen LogP) is 5.60. The average Bonchev–Trinajstić information content (AvgIpc) is 3.64. The number of carbonyl (C=O) groups excluding carboxylic acids is 2. The molecule has 1 aliphatic heterocycles. The fourth-order valence-electron chi connectivity index (χ4n) is 5.36. The average molecular weight is 625 g/mol. The normalized spacial score (nSPS) is 15.7. The van der Waals surface area contributed by atoms with E-state index in [1.807, 2.05) is 45.0 Å². The number of ether oxygens (including phenoxy) is 1. The smallest absolute Gasteiger partial charge is 0.263 e. The molecule has 2 amide bonds. The molecule has 1 saturated heterocycles. The minimum atomic E-state index is -3.97.